The van der Waals surface area contributed by atoms with Gasteiger partial charge in [-0.1, -0.05) is 37.6 Å². The van der Waals surface area contributed by atoms with Crippen LogP contribution < -0.4 is 0 Å². The minimum atomic E-state index is -0.826. The summed E-state index contributed by atoms with van der Waals surface area (Å²) < 4.78 is 0. The van der Waals surface area contributed by atoms with Gasteiger partial charge in [0.2, 0.25) is 0 Å². The summed E-state index contributed by atoms with van der Waals surface area (Å²) in [6, 6.07) is 6.91. The van der Waals surface area contributed by atoms with E-state index >= 15 is 0 Å². The van der Waals surface area contributed by atoms with Gasteiger partial charge in [-0.3, -0.25) is 4.79 Å². The molecule has 0 radical (unpaired) electrons. The molecule has 0 amide bonds. The Morgan fingerprint density at radius 3 is 2.41 bits per heavy atom. The number of rotatable bonds is 5. The Morgan fingerprint density at radius 2 is 1.86 bits per heavy atom. The maximum absolute atomic E-state index is 11.0. The fourth-order valence-electron chi connectivity index (χ4n) is 3.21. The fourth-order valence-corrected chi connectivity index (χ4v) is 3.21. The lowest BCUT2D eigenvalue weighted by Crippen LogP contribution is -2.30. The first kappa shape index (κ1) is 16.1. The number of phenols is 1. The van der Waals surface area contributed by atoms with Gasteiger partial charge in [-0.25, -0.2) is 0 Å². The smallest absolute Gasteiger partial charge is 0.303 e. The standard InChI is InChI=1S/C18H22O4/c1-12-11-15(20)7-8-16(12)18(2,10-9-17(21)22)13-3-5-14(19)6-4-13/h3-8,12,19-20H,9-11H2,1-2H3,(H,21,22). The number of aromatic hydroxyl groups is 1. The maximum Gasteiger partial charge on any atom is 0.303 e. The number of aliphatic carboxylic acids is 1. The van der Waals surface area contributed by atoms with Crippen molar-refractivity contribution in [1.82, 2.24) is 0 Å². The first-order valence-corrected chi connectivity index (χ1v) is 7.44. The zero-order valence-corrected chi connectivity index (χ0v) is 12.9. The van der Waals surface area contributed by atoms with Gasteiger partial charge >= 0.3 is 5.97 Å². The van der Waals surface area contributed by atoms with E-state index in [-0.39, 0.29) is 18.1 Å². The first-order chi connectivity index (χ1) is 10.3. The molecule has 3 N–H and O–H groups in total. The van der Waals surface area contributed by atoms with Gasteiger partial charge in [0.15, 0.2) is 0 Å². The Labute approximate surface area is 130 Å². The molecular weight excluding hydrogens is 280 g/mol. The summed E-state index contributed by atoms with van der Waals surface area (Å²) >= 11 is 0. The van der Waals surface area contributed by atoms with Crippen molar-refractivity contribution in [2.75, 3.05) is 0 Å². The lowest BCUT2D eigenvalue weighted by molar-refractivity contribution is -0.137. The Morgan fingerprint density at radius 1 is 1.23 bits per heavy atom. The molecule has 0 aliphatic heterocycles. The van der Waals surface area contributed by atoms with Gasteiger partial charge in [-0.2, -0.15) is 0 Å². The van der Waals surface area contributed by atoms with Gasteiger partial charge < -0.3 is 15.3 Å². The molecule has 22 heavy (non-hydrogen) atoms. The number of hydrogen-bond donors (Lipinski definition) is 3. The van der Waals surface area contributed by atoms with E-state index in [9.17, 15) is 15.0 Å². The van der Waals surface area contributed by atoms with E-state index < -0.39 is 11.4 Å². The summed E-state index contributed by atoms with van der Waals surface area (Å²) in [6.07, 6.45) is 4.69. The number of aliphatic hydroxyl groups is 1. The second-order valence-electron chi connectivity index (χ2n) is 6.16. The molecule has 0 saturated carbocycles. The van der Waals surface area contributed by atoms with E-state index in [4.69, 9.17) is 5.11 Å². The Bertz CT molecular complexity index is 612. The molecule has 0 saturated heterocycles. The zero-order chi connectivity index (χ0) is 16.3. The molecule has 0 spiro atoms. The quantitative estimate of drug-likeness (QED) is 0.770. The molecule has 0 heterocycles. The van der Waals surface area contributed by atoms with Gasteiger partial charge in [0.05, 0.1) is 5.76 Å². The molecule has 1 aliphatic rings. The summed E-state index contributed by atoms with van der Waals surface area (Å²) in [5.41, 5.74) is 1.64. The number of allylic oxidation sites excluding steroid dienone is 4. The van der Waals surface area contributed by atoms with E-state index in [0.29, 0.717) is 18.6 Å². The van der Waals surface area contributed by atoms with Crippen molar-refractivity contribution in [3.8, 4) is 5.75 Å². The largest absolute Gasteiger partial charge is 0.512 e. The number of benzene rings is 1. The molecule has 118 valence electrons. The van der Waals surface area contributed by atoms with Gasteiger partial charge in [-0.05, 0) is 36.1 Å². The second-order valence-corrected chi connectivity index (χ2v) is 6.16. The normalized spacial score (nSPS) is 20.7. The van der Waals surface area contributed by atoms with E-state index in [2.05, 4.69) is 0 Å². The SMILES string of the molecule is CC1CC(O)=CC=C1C(C)(CCC(=O)O)c1ccc(O)cc1. The summed E-state index contributed by atoms with van der Waals surface area (Å²) in [5.74, 6) is -0.153. The van der Waals surface area contributed by atoms with E-state index in [1.165, 1.54) is 0 Å². The van der Waals surface area contributed by atoms with Crippen molar-refractivity contribution in [2.45, 2.75) is 38.5 Å². The van der Waals surface area contributed by atoms with Crippen LogP contribution in [0.15, 0.2) is 47.7 Å². The Balaban J connectivity index is 2.45. The van der Waals surface area contributed by atoms with Crippen LogP contribution in [-0.4, -0.2) is 21.3 Å². The molecule has 1 aromatic rings. The van der Waals surface area contributed by atoms with E-state index in [0.717, 1.165) is 11.1 Å². The Hall–Kier alpha value is -2.23. The first-order valence-electron chi connectivity index (χ1n) is 7.44. The lowest BCUT2D eigenvalue weighted by Gasteiger charge is -2.37. The minimum Gasteiger partial charge on any atom is -0.512 e. The molecule has 2 atom stereocenters. The van der Waals surface area contributed by atoms with Crippen LogP contribution >= 0.6 is 0 Å². The molecule has 2 unspecified atom stereocenters. The summed E-state index contributed by atoms with van der Waals surface area (Å²) in [7, 11) is 0. The van der Waals surface area contributed by atoms with Crippen LogP contribution in [0.4, 0.5) is 0 Å². The maximum atomic E-state index is 11.0. The number of aliphatic hydroxyl groups excluding tert-OH is 1. The average Bonchev–Trinajstić information content (AvgIpc) is 2.45. The fraction of sp³-hybridized carbons (Fsp3) is 0.389. The van der Waals surface area contributed by atoms with Gasteiger partial charge in [-0.15, -0.1) is 0 Å². The molecule has 0 fully saturated rings. The predicted molar refractivity (Wildman–Crippen MR) is 84.9 cm³/mol. The molecule has 0 bridgehead atoms. The van der Waals surface area contributed by atoms with Crippen LogP contribution in [0.25, 0.3) is 0 Å². The predicted octanol–water partition coefficient (Wildman–Crippen LogP) is 3.92. The van der Waals surface area contributed by atoms with Crippen molar-refractivity contribution in [1.29, 1.82) is 0 Å². The highest BCUT2D eigenvalue weighted by Gasteiger charge is 2.35. The average molecular weight is 302 g/mol. The molecule has 4 nitrogen and oxygen atoms in total. The van der Waals surface area contributed by atoms with Crippen molar-refractivity contribution in [3.63, 3.8) is 0 Å². The summed E-state index contributed by atoms with van der Waals surface area (Å²) in [6.45, 7) is 4.06. The summed E-state index contributed by atoms with van der Waals surface area (Å²) in [5, 5.41) is 28.2. The van der Waals surface area contributed by atoms with Crippen LogP contribution in [0.5, 0.6) is 5.75 Å². The highest BCUT2D eigenvalue weighted by molar-refractivity contribution is 5.67. The van der Waals surface area contributed by atoms with Crippen LogP contribution in [-0.2, 0) is 10.2 Å². The highest BCUT2D eigenvalue weighted by atomic mass is 16.4. The minimum absolute atomic E-state index is 0.0666. The van der Waals surface area contributed by atoms with Crippen LogP contribution in [0, 0.1) is 5.92 Å². The molecular formula is C18H22O4. The zero-order valence-electron chi connectivity index (χ0n) is 12.9. The van der Waals surface area contributed by atoms with Gasteiger partial charge in [0.1, 0.15) is 5.75 Å². The van der Waals surface area contributed by atoms with E-state index in [1.54, 1.807) is 18.2 Å². The van der Waals surface area contributed by atoms with Crippen molar-refractivity contribution in [3.05, 3.63) is 53.3 Å². The van der Waals surface area contributed by atoms with Crippen LogP contribution in [0.2, 0.25) is 0 Å². The molecule has 4 heteroatoms. The third-order valence-electron chi connectivity index (χ3n) is 4.48. The molecule has 2 rings (SSSR count). The third kappa shape index (κ3) is 3.32. The molecule has 1 aromatic carbocycles. The Kier molecular flexibility index (Phi) is 4.59. The third-order valence-corrected chi connectivity index (χ3v) is 4.48. The molecule has 0 aromatic heterocycles. The van der Waals surface area contributed by atoms with Crippen molar-refractivity contribution >= 4 is 5.97 Å². The number of carboxylic acid groups (broad SMARTS) is 1. The van der Waals surface area contributed by atoms with Crippen molar-refractivity contribution in [2.24, 2.45) is 5.92 Å². The second kappa shape index (κ2) is 6.26. The van der Waals surface area contributed by atoms with Crippen LogP contribution in [0.3, 0.4) is 0 Å². The molecule has 1 aliphatic carbocycles. The van der Waals surface area contributed by atoms with Crippen molar-refractivity contribution < 1.29 is 20.1 Å². The lowest BCUT2D eigenvalue weighted by atomic mass is 9.67. The van der Waals surface area contributed by atoms with Gasteiger partial charge in [0, 0.05) is 18.3 Å². The number of hydrogen-bond acceptors (Lipinski definition) is 3. The highest BCUT2D eigenvalue weighted by Crippen LogP contribution is 2.43. The monoisotopic (exact) mass is 302 g/mol. The number of phenolic OH excluding ortho intramolecular Hbond substituents is 1. The van der Waals surface area contributed by atoms with E-state index in [1.807, 2.05) is 32.1 Å². The topological polar surface area (TPSA) is 77.8 Å². The van der Waals surface area contributed by atoms with Crippen LogP contribution in [0.1, 0.15) is 38.7 Å². The summed E-state index contributed by atoms with van der Waals surface area (Å²) in [4.78, 5) is 11.0. The number of carbonyl (C=O) groups is 1. The number of carboxylic acids is 1. The van der Waals surface area contributed by atoms with Gasteiger partial charge in [0.25, 0.3) is 0 Å².